The average molecular weight is 281 g/mol. The normalized spacial score (nSPS) is 11.1. The molecule has 0 fully saturated rings. The molecule has 1 aromatic carbocycles. The maximum Gasteiger partial charge on any atom is 0.328 e. The van der Waals surface area contributed by atoms with Crippen molar-refractivity contribution in [3.8, 4) is 5.69 Å². The molecule has 0 saturated heterocycles. The number of benzene rings is 1. The van der Waals surface area contributed by atoms with Gasteiger partial charge in [-0.2, -0.15) is 5.10 Å². The van der Waals surface area contributed by atoms with E-state index in [4.69, 9.17) is 16.7 Å². The van der Waals surface area contributed by atoms with E-state index in [2.05, 4.69) is 5.10 Å². The first-order valence-corrected chi connectivity index (χ1v) is 5.79. The summed E-state index contributed by atoms with van der Waals surface area (Å²) in [4.78, 5) is 10.5. The summed E-state index contributed by atoms with van der Waals surface area (Å²) in [6.07, 6.45) is 2.37. The zero-order valence-corrected chi connectivity index (χ0v) is 10.7. The van der Waals surface area contributed by atoms with Gasteiger partial charge >= 0.3 is 5.97 Å². The van der Waals surface area contributed by atoms with E-state index in [-0.39, 0.29) is 11.0 Å². The van der Waals surface area contributed by atoms with Crippen molar-refractivity contribution < 1.29 is 14.3 Å². The van der Waals surface area contributed by atoms with E-state index in [0.717, 1.165) is 6.08 Å². The molecule has 0 bridgehead atoms. The number of aryl methyl sites for hydroxylation is 1. The number of aromatic nitrogens is 2. The molecule has 0 aliphatic rings. The zero-order chi connectivity index (χ0) is 14.0. The Hall–Kier alpha value is -2.14. The predicted octanol–water partition coefficient (Wildman–Crippen LogP) is 3.07. The maximum atomic E-state index is 12.9. The molecule has 6 heteroatoms. The van der Waals surface area contributed by atoms with Crippen LogP contribution in [0.3, 0.4) is 0 Å². The Labute approximate surface area is 113 Å². The first-order valence-electron chi connectivity index (χ1n) is 5.41. The van der Waals surface area contributed by atoms with Crippen LogP contribution in [0.25, 0.3) is 11.8 Å². The lowest BCUT2D eigenvalue weighted by Crippen LogP contribution is -1.96. The smallest absolute Gasteiger partial charge is 0.328 e. The minimum Gasteiger partial charge on any atom is -0.478 e. The Kier molecular flexibility index (Phi) is 3.66. The van der Waals surface area contributed by atoms with Crippen LogP contribution in [0, 0.1) is 12.7 Å². The highest BCUT2D eigenvalue weighted by Crippen LogP contribution is 2.24. The molecule has 1 heterocycles. The molecular formula is C13H10ClFN2O2. The summed E-state index contributed by atoms with van der Waals surface area (Å²) < 4.78 is 14.3. The monoisotopic (exact) mass is 280 g/mol. The molecule has 19 heavy (non-hydrogen) atoms. The summed E-state index contributed by atoms with van der Waals surface area (Å²) in [5.74, 6) is -1.42. The van der Waals surface area contributed by atoms with Crippen LogP contribution in [-0.2, 0) is 4.79 Å². The van der Waals surface area contributed by atoms with E-state index in [9.17, 15) is 9.18 Å². The van der Waals surface area contributed by atoms with Crippen LogP contribution in [-0.4, -0.2) is 20.9 Å². The molecule has 0 aliphatic carbocycles. The van der Waals surface area contributed by atoms with Gasteiger partial charge in [0.1, 0.15) is 11.0 Å². The molecule has 4 nitrogen and oxygen atoms in total. The predicted molar refractivity (Wildman–Crippen MR) is 69.9 cm³/mol. The van der Waals surface area contributed by atoms with Crippen LogP contribution >= 0.6 is 11.6 Å². The molecule has 1 aromatic heterocycles. The van der Waals surface area contributed by atoms with Crippen LogP contribution in [0.1, 0.15) is 11.3 Å². The van der Waals surface area contributed by atoms with Crippen molar-refractivity contribution in [2.45, 2.75) is 6.92 Å². The lowest BCUT2D eigenvalue weighted by molar-refractivity contribution is -0.131. The molecule has 0 spiro atoms. The molecule has 0 saturated carbocycles. The number of carbonyl (C=O) groups is 1. The molecule has 98 valence electrons. The third-order valence-corrected chi connectivity index (χ3v) is 2.88. The fraction of sp³-hybridized carbons (Fsp3) is 0.0769. The third-order valence-electron chi connectivity index (χ3n) is 2.51. The molecule has 1 N–H and O–H groups in total. The van der Waals surface area contributed by atoms with Gasteiger partial charge in [-0.05, 0) is 37.3 Å². The van der Waals surface area contributed by atoms with Gasteiger partial charge < -0.3 is 5.11 Å². The van der Waals surface area contributed by atoms with Crippen LogP contribution in [0.15, 0.2) is 30.3 Å². The van der Waals surface area contributed by atoms with E-state index in [1.54, 1.807) is 19.1 Å². The molecule has 0 atom stereocenters. The maximum absolute atomic E-state index is 12.9. The molecule has 0 unspecified atom stereocenters. The molecule has 2 rings (SSSR count). The van der Waals surface area contributed by atoms with Crippen molar-refractivity contribution in [3.63, 3.8) is 0 Å². The van der Waals surface area contributed by atoms with E-state index < -0.39 is 5.97 Å². The highest BCUT2D eigenvalue weighted by molar-refractivity contribution is 6.31. The van der Waals surface area contributed by atoms with Crippen LogP contribution in [0.4, 0.5) is 4.39 Å². The summed E-state index contributed by atoms with van der Waals surface area (Å²) in [7, 11) is 0. The minimum atomic E-state index is -1.06. The van der Waals surface area contributed by atoms with Crippen molar-refractivity contribution >= 4 is 23.6 Å². The molecular weight excluding hydrogens is 271 g/mol. The second-order valence-electron chi connectivity index (χ2n) is 3.85. The Bertz CT molecular complexity index is 647. The number of carboxylic acids is 1. The fourth-order valence-corrected chi connectivity index (χ4v) is 1.94. The van der Waals surface area contributed by atoms with Gasteiger partial charge in [0.25, 0.3) is 0 Å². The Morgan fingerprint density at radius 2 is 2.05 bits per heavy atom. The van der Waals surface area contributed by atoms with Gasteiger partial charge in [-0.15, -0.1) is 0 Å². The van der Waals surface area contributed by atoms with Gasteiger partial charge in [-0.1, -0.05) is 11.6 Å². The number of hydrogen-bond acceptors (Lipinski definition) is 2. The second-order valence-corrected chi connectivity index (χ2v) is 4.21. The summed E-state index contributed by atoms with van der Waals surface area (Å²) in [6.45, 7) is 1.72. The molecule has 2 aromatic rings. The second kappa shape index (κ2) is 5.24. The van der Waals surface area contributed by atoms with Gasteiger partial charge in [-0.25, -0.2) is 13.9 Å². The fourth-order valence-electron chi connectivity index (χ4n) is 1.61. The van der Waals surface area contributed by atoms with Crippen LogP contribution < -0.4 is 0 Å². The van der Waals surface area contributed by atoms with Gasteiger partial charge in [0.15, 0.2) is 0 Å². The van der Waals surface area contributed by atoms with Crippen molar-refractivity contribution in [2.24, 2.45) is 0 Å². The van der Waals surface area contributed by atoms with Crippen molar-refractivity contribution in [1.82, 2.24) is 9.78 Å². The highest BCUT2D eigenvalue weighted by atomic mass is 35.5. The minimum absolute atomic E-state index is 0.279. The van der Waals surface area contributed by atoms with Gasteiger partial charge in [0.05, 0.1) is 11.4 Å². The van der Waals surface area contributed by atoms with Crippen LogP contribution in [0.2, 0.25) is 5.15 Å². The first-order chi connectivity index (χ1) is 8.99. The van der Waals surface area contributed by atoms with Gasteiger partial charge in [-0.3, -0.25) is 0 Å². The number of carboxylic acid groups (broad SMARTS) is 1. The first kappa shape index (κ1) is 13.3. The topological polar surface area (TPSA) is 55.1 Å². The summed E-state index contributed by atoms with van der Waals surface area (Å²) in [6, 6.07) is 5.68. The number of nitrogens with zero attached hydrogens (tertiary/aromatic N) is 2. The lowest BCUT2D eigenvalue weighted by Gasteiger charge is -2.02. The highest BCUT2D eigenvalue weighted by Gasteiger charge is 2.12. The molecule has 0 aliphatic heterocycles. The van der Waals surface area contributed by atoms with Crippen molar-refractivity contribution in [3.05, 3.63) is 52.6 Å². The Morgan fingerprint density at radius 1 is 1.42 bits per heavy atom. The molecule has 0 radical (unpaired) electrons. The Balaban J connectivity index is 2.46. The number of hydrogen-bond donors (Lipinski definition) is 1. The average Bonchev–Trinajstić information content (AvgIpc) is 2.63. The van der Waals surface area contributed by atoms with Crippen molar-refractivity contribution in [2.75, 3.05) is 0 Å². The van der Waals surface area contributed by atoms with Gasteiger partial charge in [0, 0.05) is 11.6 Å². The van der Waals surface area contributed by atoms with Crippen molar-refractivity contribution in [1.29, 1.82) is 0 Å². The van der Waals surface area contributed by atoms with E-state index in [1.165, 1.54) is 22.9 Å². The summed E-state index contributed by atoms with van der Waals surface area (Å²) >= 11 is 6.15. The SMILES string of the molecule is Cc1nn(-c2ccc(F)cc2)c(Cl)c1/C=C/C(=O)O. The van der Waals surface area contributed by atoms with E-state index in [0.29, 0.717) is 16.9 Å². The van der Waals surface area contributed by atoms with Crippen LogP contribution in [0.5, 0.6) is 0 Å². The quantitative estimate of drug-likeness (QED) is 0.879. The number of aliphatic carboxylic acids is 1. The molecule has 0 amide bonds. The van der Waals surface area contributed by atoms with E-state index >= 15 is 0 Å². The number of halogens is 2. The summed E-state index contributed by atoms with van der Waals surface area (Å²) in [5.41, 5.74) is 1.71. The largest absolute Gasteiger partial charge is 0.478 e. The van der Waals surface area contributed by atoms with Gasteiger partial charge in [0.2, 0.25) is 0 Å². The zero-order valence-electron chi connectivity index (χ0n) is 9.97. The lowest BCUT2D eigenvalue weighted by atomic mass is 10.2. The van der Waals surface area contributed by atoms with E-state index in [1.807, 2.05) is 0 Å². The number of rotatable bonds is 3. The standard InChI is InChI=1S/C13H10ClFN2O2/c1-8-11(6-7-12(18)19)13(14)17(16-8)10-4-2-9(15)3-5-10/h2-7H,1H3,(H,18,19)/b7-6+. The third kappa shape index (κ3) is 2.82. The Morgan fingerprint density at radius 3 is 2.63 bits per heavy atom. The summed E-state index contributed by atoms with van der Waals surface area (Å²) in [5, 5.41) is 13.1.